The van der Waals surface area contributed by atoms with Gasteiger partial charge >= 0.3 is 0 Å². The van der Waals surface area contributed by atoms with Gasteiger partial charge in [-0.1, -0.05) is 29.8 Å². The number of hydrogen-bond donors (Lipinski definition) is 1. The van der Waals surface area contributed by atoms with E-state index in [0.29, 0.717) is 11.2 Å². The molecule has 0 aromatic heterocycles. The zero-order valence-electron chi connectivity index (χ0n) is 8.33. The Morgan fingerprint density at radius 2 is 2.07 bits per heavy atom. The van der Waals surface area contributed by atoms with Crippen LogP contribution in [-0.2, 0) is 0 Å². The lowest BCUT2D eigenvalue weighted by molar-refractivity contribution is 0.452. The molecule has 2 N–H and O–H groups in total. The summed E-state index contributed by atoms with van der Waals surface area (Å²) in [5.41, 5.74) is 7.50. The van der Waals surface area contributed by atoms with Gasteiger partial charge in [0.05, 0.1) is 0 Å². The summed E-state index contributed by atoms with van der Waals surface area (Å²) >= 11 is 5.42. The van der Waals surface area contributed by atoms with Crippen molar-refractivity contribution in [2.24, 2.45) is 11.7 Å². The maximum atomic E-state index is 6.22. The zero-order valence-corrected chi connectivity index (χ0v) is 10.7. The van der Waals surface area contributed by atoms with Crippen LogP contribution in [0.3, 0.4) is 0 Å². The van der Waals surface area contributed by atoms with Crippen LogP contribution in [0.15, 0.2) is 27.6 Å². The molecule has 1 nitrogen and oxygen atoms in total. The van der Waals surface area contributed by atoms with Gasteiger partial charge in [-0.2, -0.15) is 0 Å². The van der Waals surface area contributed by atoms with Crippen LogP contribution in [0, 0.1) is 5.92 Å². The van der Waals surface area contributed by atoms with E-state index in [2.05, 4.69) is 48.0 Å². The fourth-order valence-electron chi connectivity index (χ4n) is 1.77. The third-order valence-electron chi connectivity index (χ3n) is 2.95. The van der Waals surface area contributed by atoms with E-state index in [9.17, 15) is 0 Å². The first-order valence-corrected chi connectivity index (χ1v) is 6.48. The minimum atomic E-state index is 0.179. The smallest absolute Gasteiger partial charge is 0.0343 e. The monoisotopic (exact) mass is 271 g/mol. The van der Waals surface area contributed by atoms with Gasteiger partial charge in [-0.15, -0.1) is 11.8 Å². The Morgan fingerprint density at radius 3 is 2.79 bits per heavy atom. The molecule has 0 saturated heterocycles. The van der Waals surface area contributed by atoms with Crippen molar-refractivity contribution in [3.05, 3.63) is 28.2 Å². The summed E-state index contributed by atoms with van der Waals surface area (Å²) in [7, 11) is 0. The number of nitrogens with two attached hydrogens (primary N) is 1. The highest BCUT2D eigenvalue weighted by molar-refractivity contribution is 9.10. The fourth-order valence-corrected chi connectivity index (χ4v) is 3.41. The van der Waals surface area contributed by atoms with Crippen LogP contribution in [0.25, 0.3) is 0 Å². The van der Waals surface area contributed by atoms with Gasteiger partial charge in [0, 0.05) is 20.7 Å². The van der Waals surface area contributed by atoms with Crippen LogP contribution in [0.4, 0.5) is 0 Å². The van der Waals surface area contributed by atoms with E-state index in [1.165, 1.54) is 10.5 Å². The molecule has 1 aromatic carbocycles. The predicted molar refractivity (Wildman–Crippen MR) is 65.6 cm³/mol. The van der Waals surface area contributed by atoms with E-state index in [-0.39, 0.29) is 6.04 Å². The average molecular weight is 272 g/mol. The standard InChI is InChI=1S/C11H14BrNS/c1-6-7(2)14-10-4-3-8(12)5-9(10)11(6)13/h3-7,11H,13H2,1-2H3. The Hall–Kier alpha value is 0.01000. The molecule has 0 radical (unpaired) electrons. The van der Waals surface area contributed by atoms with Crippen molar-refractivity contribution in [2.45, 2.75) is 30.0 Å². The maximum absolute atomic E-state index is 6.22. The van der Waals surface area contributed by atoms with E-state index in [1.54, 1.807) is 0 Å². The second-order valence-electron chi connectivity index (χ2n) is 3.89. The normalized spacial score (nSPS) is 31.3. The molecule has 2 rings (SSSR count). The first-order valence-electron chi connectivity index (χ1n) is 4.81. The highest BCUT2D eigenvalue weighted by Gasteiger charge is 2.29. The Labute approximate surface area is 97.6 Å². The second kappa shape index (κ2) is 3.87. The first kappa shape index (κ1) is 10.5. The minimum Gasteiger partial charge on any atom is -0.324 e. The quantitative estimate of drug-likeness (QED) is 0.781. The largest absolute Gasteiger partial charge is 0.324 e. The van der Waals surface area contributed by atoms with Gasteiger partial charge in [0.2, 0.25) is 0 Å². The predicted octanol–water partition coefficient (Wildman–Crippen LogP) is 3.58. The molecular formula is C11H14BrNS. The second-order valence-corrected chi connectivity index (χ2v) is 6.22. The van der Waals surface area contributed by atoms with Crippen LogP contribution in [0.1, 0.15) is 25.5 Å². The lowest BCUT2D eigenvalue weighted by Gasteiger charge is -2.33. The van der Waals surface area contributed by atoms with Crippen LogP contribution < -0.4 is 5.73 Å². The molecule has 0 saturated carbocycles. The SMILES string of the molecule is CC1Sc2ccc(Br)cc2C(N)C1C. The molecule has 76 valence electrons. The molecule has 3 atom stereocenters. The van der Waals surface area contributed by atoms with Crippen molar-refractivity contribution in [1.82, 2.24) is 0 Å². The lowest BCUT2D eigenvalue weighted by Crippen LogP contribution is -2.29. The van der Waals surface area contributed by atoms with Crippen molar-refractivity contribution in [1.29, 1.82) is 0 Å². The van der Waals surface area contributed by atoms with Crippen molar-refractivity contribution in [2.75, 3.05) is 0 Å². The molecule has 0 bridgehead atoms. The molecule has 3 heteroatoms. The maximum Gasteiger partial charge on any atom is 0.0343 e. The summed E-state index contributed by atoms with van der Waals surface area (Å²) in [5.74, 6) is 0.543. The number of thioether (sulfide) groups is 1. The van der Waals surface area contributed by atoms with Crippen LogP contribution in [-0.4, -0.2) is 5.25 Å². The number of rotatable bonds is 0. The van der Waals surface area contributed by atoms with Crippen LogP contribution >= 0.6 is 27.7 Å². The van der Waals surface area contributed by atoms with Gasteiger partial charge in [-0.3, -0.25) is 0 Å². The van der Waals surface area contributed by atoms with E-state index in [1.807, 2.05) is 11.8 Å². The number of fused-ring (bicyclic) bond motifs is 1. The van der Waals surface area contributed by atoms with Gasteiger partial charge in [0.25, 0.3) is 0 Å². The summed E-state index contributed by atoms with van der Waals surface area (Å²) < 4.78 is 1.12. The average Bonchev–Trinajstić information content (AvgIpc) is 2.16. The van der Waals surface area contributed by atoms with Crippen molar-refractivity contribution in [3.63, 3.8) is 0 Å². The third kappa shape index (κ3) is 1.73. The molecule has 1 heterocycles. The Kier molecular flexibility index (Phi) is 2.91. The summed E-state index contributed by atoms with van der Waals surface area (Å²) in [6.45, 7) is 4.48. The molecule has 0 amide bonds. The van der Waals surface area contributed by atoms with Crippen molar-refractivity contribution >= 4 is 27.7 Å². The number of hydrogen-bond acceptors (Lipinski definition) is 2. The summed E-state index contributed by atoms with van der Waals surface area (Å²) in [6, 6.07) is 6.57. The topological polar surface area (TPSA) is 26.0 Å². The van der Waals surface area contributed by atoms with Gasteiger partial charge in [0.15, 0.2) is 0 Å². The van der Waals surface area contributed by atoms with Crippen molar-refractivity contribution in [3.8, 4) is 0 Å². The molecule has 1 aliphatic rings. The molecule has 0 aliphatic carbocycles. The Balaban J connectivity index is 2.46. The molecule has 14 heavy (non-hydrogen) atoms. The number of benzene rings is 1. The van der Waals surface area contributed by atoms with Crippen LogP contribution in [0.2, 0.25) is 0 Å². The third-order valence-corrected chi connectivity index (χ3v) is 4.87. The Bertz CT molecular complexity index is 353. The van der Waals surface area contributed by atoms with Crippen LogP contribution in [0.5, 0.6) is 0 Å². The highest BCUT2D eigenvalue weighted by Crippen LogP contribution is 2.43. The van der Waals surface area contributed by atoms with Gasteiger partial charge in [-0.05, 0) is 29.7 Å². The van der Waals surface area contributed by atoms with E-state index in [0.717, 1.165) is 4.47 Å². The molecule has 1 aromatic rings. The van der Waals surface area contributed by atoms with Gasteiger partial charge < -0.3 is 5.73 Å². The molecule has 3 unspecified atom stereocenters. The molecule has 0 spiro atoms. The lowest BCUT2D eigenvalue weighted by atomic mass is 9.92. The van der Waals surface area contributed by atoms with Crippen molar-refractivity contribution < 1.29 is 0 Å². The van der Waals surface area contributed by atoms with Gasteiger partial charge in [0.1, 0.15) is 0 Å². The Morgan fingerprint density at radius 1 is 1.36 bits per heavy atom. The minimum absolute atomic E-state index is 0.179. The molecular weight excluding hydrogens is 258 g/mol. The molecule has 0 fully saturated rings. The molecule has 1 aliphatic heterocycles. The highest BCUT2D eigenvalue weighted by atomic mass is 79.9. The summed E-state index contributed by atoms with van der Waals surface area (Å²) in [6.07, 6.45) is 0. The fraction of sp³-hybridized carbons (Fsp3) is 0.455. The number of halogens is 1. The van der Waals surface area contributed by atoms with E-state index < -0.39 is 0 Å². The van der Waals surface area contributed by atoms with E-state index >= 15 is 0 Å². The first-order chi connectivity index (χ1) is 6.59. The zero-order chi connectivity index (χ0) is 10.3. The van der Waals surface area contributed by atoms with E-state index in [4.69, 9.17) is 5.73 Å². The summed E-state index contributed by atoms with van der Waals surface area (Å²) in [4.78, 5) is 1.34. The summed E-state index contributed by atoms with van der Waals surface area (Å²) in [5, 5.41) is 0.610. The van der Waals surface area contributed by atoms with Gasteiger partial charge in [-0.25, -0.2) is 0 Å².